The van der Waals surface area contributed by atoms with Gasteiger partial charge in [0.05, 0.1) is 17.5 Å². The van der Waals surface area contributed by atoms with Crippen molar-refractivity contribution in [3.8, 4) is 11.6 Å². The molecule has 1 N–H and O–H groups in total. The summed E-state index contributed by atoms with van der Waals surface area (Å²) in [6.07, 6.45) is 4.97. The molecule has 0 aliphatic heterocycles. The first-order valence-corrected chi connectivity index (χ1v) is 10.6. The summed E-state index contributed by atoms with van der Waals surface area (Å²) in [4.78, 5) is 21.1. The number of thioether (sulfide) groups is 1. The zero-order chi connectivity index (χ0) is 21.7. The fourth-order valence-corrected chi connectivity index (χ4v) is 3.64. The third-order valence-electron chi connectivity index (χ3n) is 4.01. The molecule has 9 heteroatoms. The summed E-state index contributed by atoms with van der Waals surface area (Å²) in [5.41, 5.74) is -0.294. The van der Waals surface area contributed by atoms with E-state index in [9.17, 15) is 14.3 Å². The maximum Gasteiger partial charge on any atom is 0.287 e. The largest absolute Gasteiger partial charge is 0.474 e. The molecule has 2 heterocycles. The lowest BCUT2D eigenvalue weighted by atomic mass is 10.2. The number of nitrogens with zero attached hydrogens (tertiary/aromatic N) is 3. The van der Waals surface area contributed by atoms with Gasteiger partial charge in [-0.25, -0.2) is 14.4 Å². The number of hydrogen-bond acceptors (Lipinski definition) is 6. The van der Waals surface area contributed by atoms with E-state index in [0.29, 0.717) is 28.5 Å². The Balaban J connectivity index is 1.73. The maximum absolute atomic E-state index is 13.7. The predicted octanol–water partition coefficient (Wildman–Crippen LogP) is 3.90. The lowest BCUT2D eigenvalue weighted by Crippen LogP contribution is -2.28. The number of aryl methyl sites for hydroxylation is 1. The van der Waals surface area contributed by atoms with Gasteiger partial charge in [-0.15, -0.1) is 11.8 Å². The van der Waals surface area contributed by atoms with Crippen LogP contribution in [0, 0.1) is 5.82 Å². The molecule has 0 aliphatic rings. The van der Waals surface area contributed by atoms with E-state index in [-0.39, 0.29) is 28.9 Å². The minimum absolute atomic E-state index is 0.0249. The van der Waals surface area contributed by atoms with Crippen LogP contribution in [0.25, 0.3) is 5.69 Å². The minimum atomic E-state index is -1.03. The molecule has 2 aromatic heterocycles. The fraction of sp³-hybridized carbons (Fsp3) is 0.286. The molecule has 0 saturated heterocycles. The Morgan fingerprint density at radius 2 is 2.07 bits per heavy atom. The van der Waals surface area contributed by atoms with Crippen LogP contribution in [0.5, 0.6) is 5.88 Å². The molecule has 0 atom stereocenters. The van der Waals surface area contributed by atoms with Crippen molar-refractivity contribution >= 4 is 23.4 Å². The van der Waals surface area contributed by atoms with Crippen molar-refractivity contribution in [3.63, 3.8) is 0 Å². The normalized spacial score (nSPS) is 11.5. The Bertz CT molecular complexity index is 1090. The summed E-state index contributed by atoms with van der Waals surface area (Å²) in [6.45, 7) is 3.24. The first kappa shape index (κ1) is 22.3. The molecular weight excluding hydrogens is 429 g/mol. The standard InChI is InChI=1S/C21H21ClFN3O3S/c1-21(2,28)13-29-18-16(22)11-15(12-25-18)26-9-8-24-19(20(26)27)30-10-7-14-5-3-4-6-17(14)23/h3-6,8-9,11-12,28H,7,10,13H2,1-2H3. The van der Waals surface area contributed by atoms with Crippen LogP contribution in [-0.4, -0.2) is 37.6 Å². The highest BCUT2D eigenvalue weighted by molar-refractivity contribution is 7.99. The molecule has 0 unspecified atom stereocenters. The number of halogens is 2. The number of ether oxygens (including phenoxy) is 1. The van der Waals surface area contributed by atoms with E-state index in [0.717, 1.165) is 0 Å². The smallest absolute Gasteiger partial charge is 0.287 e. The third kappa shape index (κ3) is 5.81. The zero-order valence-corrected chi connectivity index (χ0v) is 18.1. The van der Waals surface area contributed by atoms with Crippen LogP contribution in [0.4, 0.5) is 4.39 Å². The van der Waals surface area contributed by atoms with Gasteiger partial charge in [0.25, 0.3) is 5.56 Å². The first-order valence-electron chi connectivity index (χ1n) is 9.19. The molecule has 0 aliphatic carbocycles. The number of benzene rings is 1. The Kier molecular flexibility index (Phi) is 7.12. The highest BCUT2D eigenvalue weighted by atomic mass is 35.5. The van der Waals surface area contributed by atoms with Gasteiger partial charge in [0.2, 0.25) is 5.88 Å². The van der Waals surface area contributed by atoms with Gasteiger partial charge in [-0.1, -0.05) is 29.8 Å². The second-order valence-corrected chi connectivity index (χ2v) is 8.67. The Labute approximate surface area is 182 Å². The van der Waals surface area contributed by atoms with Crippen molar-refractivity contribution in [2.24, 2.45) is 0 Å². The second kappa shape index (κ2) is 9.59. The van der Waals surface area contributed by atoms with Gasteiger partial charge in [0, 0.05) is 18.1 Å². The van der Waals surface area contributed by atoms with E-state index in [2.05, 4.69) is 9.97 Å². The van der Waals surface area contributed by atoms with Gasteiger partial charge in [-0.05, 0) is 38.0 Å². The maximum atomic E-state index is 13.7. The van der Waals surface area contributed by atoms with Gasteiger partial charge in [-0.3, -0.25) is 9.36 Å². The quantitative estimate of drug-likeness (QED) is 0.525. The molecular formula is C21H21ClFN3O3S. The number of pyridine rings is 1. The fourth-order valence-electron chi connectivity index (χ4n) is 2.55. The molecule has 3 aromatic rings. The molecule has 3 rings (SSSR count). The van der Waals surface area contributed by atoms with Crippen LogP contribution in [0.1, 0.15) is 19.4 Å². The van der Waals surface area contributed by atoms with Crippen molar-refractivity contribution in [1.82, 2.24) is 14.5 Å². The van der Waals surface area contributed by atoms with Gasteiger partial charge in [0.15, 0.2) is 5.03 Å². The molecule has 0 amide bonds. The van der Waals surface area contributed by atoms with Crippen LogP contribution in [0.2, 0.25) is 5.02 Å². The molecule has 1 aromatic carbocycles. The number of rotatable bonds is 8. The minimum Gasteiger partial charge on any atom is -0.474 e. The van der Waals surface area contributed by atoms with Crippen molar-refractivity contribution in [2.45, 2.75) is 30.9 Å². The van der Waals surface area contributed by atoms with Gasteiger partial charge >= 0.3 is 0 Å². The molecule has 6 nitrogen and oxygen atoms in total. The van der Waals surface area contributed by atoms with Crippen LogP contribution in [0.3, 0.4) is 0 Å². The SMILES string of the molecule is CC(C)(O)COc1ncc(-n2ccnc(SCCc3ccccc3F)c2=O)cc1Cl. The first-order chi connectivity index (χ1) is 14.2. The van der Waals surface area contributed by atoms with Gasteiger partial charge < -0.3 is 9.84 Å². The second-order valence-electron chi connectivity index (χ2n) is 7.18. The monoisotopic (exact) mass is 449 g/mol. The van der Waals surface area contributed by atoms with Crippen molar-refractivity contribution in [3.05, 3.63) is 75.7 Å². The van der Waals surface area contributed by atoms with Crippen molar-refractivity contribution < 1.29 is 14.2 Å². The predicted molar refractivity (Wildman–Crippen MR) is 115 cm³/mol. The molecule has 158 valence electrons. The zero-order valence-electron chi connectivity index (χ0n) is 16.5. The molecule has 0 fully saturated rings. The van der Waals surface area contributed by atoms with Crippen molar-refractivity contribution in [1.29, 1.82) is 0 Å². The van der Waals surface area contributed by atoms with E-state index in [1.807, 2.05) is 0 Å². The van der Waals surface area contributed by atoms with Crippen LogP contribution in [0.15, 0.2) is 58.7 Å². The Morgan fingerprint density at radius 1 is 1.30 bits per heavy atom. The lowest BCUT2D eigenvalue weighted by molar-refractivity contribution is 0.0269. The summed E-state index contributed by atoms with van der Waals surface area (Å²) in [5, 5.41) is 10.3. The highest BCUT2D eigenvalue weighted by Crippen LogP contribution is 2.25. The summed E-state index contributed by atoms with van der Waals surface area (Å²) >= 11 is 7.49. The van der Waals surface area contributed by atoms with Crippen LogP contribution < -0.4 is 10.3 Å². The lowest BCUT2D eigenvalue weighted by Gasteiger charge is -2.18. The average molecular weight is 450 g/mol. The molecule has 30 heavy (non-hydrogen) atoms. The third-order valence-corrected chi connectivity index (χ3v) is 5.24. The summed E-state index contributed by atoms with van der Waals surface area (Å²) in [6, 6.07) is 8.12. The molecule has 0 bridgehead atoms. The molecule has 0 radical (unpaired) electrons. The summed E-state index contributed by atoms with van der Waals surface area (Å²) in [5.74, 6) is 0.420. The average Bonchev–Trinajstić information content (AvgIpc) is 2.69. The van der Waals surface area contributed by atoms with E-state index in [1.54, 1.807) is 38.1 Å². The summed E-state index contributed by atoms with van der Waals surface area (Å²) < 4.78 is 20.5. The topological polar surface area (TPSA) is 77.2 Å². The number of hydrogen-bond donors (Lipinski definition) is 1. The van der Waals surface area contributed by atoms with Crippen LogP contribution in [-0.2, 0) is 6.42 Å². The Hall–Kier alpha value is -2.42. The van der Waals surface area contributed by atoms with Crippen LogP contribution >= 0.6 is 23.4 Å². The molecule has 0 saturated carbocycles. The number of aromatic nitrogens is 3. The Morgan fingerprint density at radius 3 is 2.77 bits per heavy atom. The van der Waals surface area contributed by atoms with E-state index in [1.165, 1.54) is 41.0 Å². The number of aliphatic hydroxyl groups is 1. The van der Waals surface area contributed by atoms with E-state index in [4.69, 9.17) is 16.3 Å². The summed E-state index contributed by atoms with van der Waals surface area (Å²) in [7, 11) is 0. The molecule has 0 spiro atoms. The van der Waals surface area contributed by atoms with E-state index >= 15 is 0 Å². The van der Waals surface area contributed by atoms with Gasteiger partial charge in [0.1, 0.15) is 17.4 Å². The highest BCUT2D eigenvalue weighted by Gasteiger charge is 2.16. The van der Waals surface area contributed by atoms with Crippen molar-refractivity contribution in [2.75, 3.05) is 12.4 Å². The van der Waals surface area contributed by atoms with Gasteiger partial charge in [-0.2, -0.15) is 0 Å². The van der Waals surface area contributed by atoms with E-state index < -0.39 is 5.60 Å².